The van der Waals surface area contributed by atoms with Crippen molar-refractivity contribution >= 4 is 23.2 Å². The van der Waals surface area contributed by atoms with Crippen LogP contribution in [0.2, 0.25) is 5.02 Å². The molecule has 1 amide bonds. The molecule has 1 aliphatic rings. The third kappa shape index (κ3) is 4.89. The zero-order chi connectivity index (χ0) is 17.6. The van der Waals surface area contributed by atoms with Crippen molar-refractivity contribution in [3.63, 3.8) is 0 Å². The van der Waals surface area contributed by atoms with Gasteiger partial charge in [0.25, 0.3) is 0 Å². The highest BCUT2D eigenvalue weighted by Gasteiger charge is 2.19. The highest BCUT2D eigenvalue weighted by molar-refractivity contribution is 6.30. The van der Waals surface area contributed by atoms with Crippen molar-refractivity contribution in [3.8, 4) is 11.5 Å². The summed E-state index contributed by atoms with van der Waals surface area (Å²) < 4.78 is 11.4. The van der Waals surface area contributed by atoms with Crippen LogP contribution in [0.15, 0.2) is 42.5 Å². The summed E-state index contributed by atoms with van der Waals surface area (Å²) in [4.78, 5) is 12.3. The molecule has 0 saturated heterocycles. The van der Waals surface area contributed by atoms with Crippen molar-refractivity contribution in [2.75, 3.05) is 12.4 Å². The van der Waals surface area contributed by atoms with E-state index in [2.05, 4.69) is 5.32 Å². The number of hydrogen-bond donors (Lipinski definition) is 1. The Morgan fingerprint density at radius 1 is 1.12 bits per heavy atom. The van der Waals surface area contributed by atoms with Crippen LogP contribution in [0.3, 0.4) is 0 Å². The first-order valence-corrected chi connectivity index (χ1v) is 8.91. The minimum absolute atomic E-state index is 0.0840. The van der Waals surface area contributed by atoms with E-state index in [4.69, 9.17) is 21.1 Å². The molecule has 1 fully saturated rings. The van der Waals surface area contributed by atoms with Crippen LogP contribution in [0.1, 0.15) is 31.2 Å². The summed E-state index contributed by atoms with van der Waals surface area (Å²) in [5.41, 5.74) is 1.62. The average molecular weight is 360 g/mol. The van der Waals surface area contributed by atoms with Crippen LogP contribution in [0, 0.1) is 0 Å². The van der Waals surface area contributed by atoms with Gasteiger partial charge in [-0.05, 0) is 55.5 Å². The highest BCUT2D eigenvalue weighted by Crippen LogP contribution is 2.34. The van der Waals surface area contributed by atoms with Gasteiger partial charge in [-0.3, -0.25) is 4.79 Å². The molecule has 132 valence electrons. The van der Waals surface area contributed by atoms with Gasteiger partial charge in [0, 0.05) is 16.8 Å². The second-order valence-corrected chi connectivity index (χ2v) is 6.68. The van der Waals surface area contributed by atoms with E-state index >= 15 is 0 Å². The van der Waals surface area contributed by atoms with Gasteiger partial charge < -0.3 is 14.8 Å². The number of hydrogen-bond acceptors (Lipinski definition) is 3. The quantitative estimate of drug-likeness (QED) is 0.801. The predicted octanol–water partition coefficient (Wildman–Crippen LogP) is 4.85. The van der Waals surface area contributed by atoms with Gasteiger partial charge in [-0.15, -0.1) is 0 Å². The molecule has 4 nitrogen and oxygen atoms in total. The van der Waals surface area contributed by atoms with Crippen molar-refractivity contribution < 1.29 is 14.3 Å². The second kappa shape index (κ2) is 8.26. The molecule has 3 rings (SSSR count). The van der Waals surface area contributed by atoms with Gasteiger partial charge in [-0.2, -0.15) is 0 Å². The Morgan fingerprint density at radius 3 is 2.52 bits per heavy atom. The lowest BCUT2D eigenvalue weighted by Crippen LogP contribution is -2.15. The largest absolute Gasteiger partial charge is 0.493 e. The third-order valence-corrected chi connectivity index (χ3v) is 4.57. The maximum atomic E-state index is 12.3. The highest BCUT2D eigenvalue weighted by atomic mass is 35.5. The lowest BCUT2D eigenvalue weighted by atomic mass is 10.1. The molecule has 5 heteroatoms. The van der Waals surface area contributed by atoms with Crippen LogP contribution >= 0.6 is 11.6 Å². The molecule has 0 heterocycles. The number of halogens is 1. The maximum absolute atomic E-state index is 12.3. The van der Waals surface area contributed by atoms with E-state index in [1.165, 1.54) is 12.8 Å². The first kappa shape index (κ1) is 17.6. The zero-order valence-corrected chi connectivity index (χ0v) is 15.0. The third-order valence-electron chi connectivity index (χ3n) is 4.32. The van der Waals surface area contributed by atoms with E-state index in [1.807, 2.05) is 30.3 Å². The fraction of sp³-hybridized carbons (Fsp3) is 0.350. The summed E-state index contributed by atoms with van der Waals surface area (Å²) in [6, 6.07) is 12.7. The molecule has 0 aromatic heterocycles. The zero-order valence-electron chi connectivity index (χ0n) is 14.3. The molecule has 1 saturated carbocycles. The minimum Gasteiger partial charge on any atom is -0.493 e. The van der Waals surface area contributed by atoms with Crippen molar-refractivity contribution in [1.29, 1.82) is 0 Å². The van der Waals surface area contributed by atoms with Crippen LogP contribution in [-0.4, -0.2) is 19.1 Å². The van der Waals surface area contributed by atoms with Crippen LogP contribution in [-0.2, 0) is 11.2 Å². The van der Waals surface area contributed by atoms with Crippen LogP contribution < -0.4 is 14.8 Å². The number of amides is 1. The normalized spacial score (nSPS) is 14.3. The van der Waals surface area contributed by atoms with Crippen molar-refractivity contribution in [2.24, 2.45) is 0 Å². The van der Waals surface area contributed by atoms with Crippen molar-refractivity contribution in [2.45, 2.75) is 38.2 Å². The molecule has 0 unspecified atom stereocenters. The molecule has 0 radical (unpaired) electrons. The molecule has 2 aromatic rings. The van der Waals surface area contributed by atoms with E-state index < -0.39 is 0 Å². The standard InChI is InChI=1S/C20H22ClNO3/c1-24-18-11-10-16(13-19(18)25-17-4-2-3-5-17)22-20(23)12-14-6-8-15(21)9-7-14/h6-11,13,17H,2-5,12H2,1H3,(H,22,23). The Kier molecular flexibility index (Phi) is 5.82. The lowest BCUT2D eigenvalue weighted by Gasteiger charge is -2.17. The van der Waals surface area contributed by atoms with Crippen molar-refractivity contribution in [1.82, 2.24) is 0 Å². The number of nitrogens with one attached hydrogen (secondary N) is 1. The van der Waals surface area contributed by atoms with Gasteiger partial charge in [0.15, 0.2) is 11.5 Å². The molecule has 0 atom stereocenters. The molecular weight excluding hydrogens is 338 g/mol. The molecule has 1 aliphatic carbocycles. The minimum atomic E-state index is -0.0840. The smallest absolute Gasteiger partial charge is 0.228 e. The Morgan fingerprint density at radius 2 is 1.84 bits per heavy atom. The van der Waals surface area contributed by atoms with Gasteiger partial charge in [0.1, 0.15) is 0 Å². The van der Waals surface area contributed by atoms with Crippen LogP contribution in [0.5, 0.6) is 11.5 Å². The number of carbonyl (C=O) groups excluding carboxylic acids is 1. The molecular formula is C20H22ClNO3. The lowest BCUT2D eigenvalue weighted by molar-refractivity contribution is -0.115. The summed E-state index contributed by atoms with van der Waals surface area (Å²) in [7, 11) is 1.62. The monoisotopic (exact) mass is 359 g/mol. The Hall–Kier alpha value is -2.20. The van der Waals surface area contributed by atoms with E-state index in [9.17, 15) is 4.79 Å². The summed E-state index contributed by atoms with van der Waals surface area (Å²) in [6.07, 6.45) is 5.05. The summed E-state index contributed by atoms with van der Waals surface area (Å²) in [6.45, 7) is 0. The first-order valence-electron chi connectivity index (χ1n) is 8.53. The van der Waals surface area contributed by atoms with E-state index in [1.54, 1.807) is 19.2 Å². The van der Waals surface area contributed by atoms with Gasteiger partial charge in [-0.25, -0.2) is 0 Å². The maximum Gasteiger partial charge on any atom is 0.228 e. The number of benzene rings is 2. The predicted molar refractivity (Wildman–Crippen MR) is 99.7 cm³/mol. The SMILES string of the molecule is COc1ccc(NC(=O)Cc2ccc(Cl)cc2)cc1OC1CCCC1. The Balaban J connectivity index is 1.66. The molecule has 0 bridgehead atoms. The van der Waals surface area contributed by atoms with E-state index in [0.29, 0.717) is 28.6 Å². The molecule has 25 heavy (non-hydrogen) atoms. The fourth-order valence-corrected chi connectivity index (χ4v) is 3.15. The number of carbonyl (C=O) groups is 1. The molecule has 0 aliphatic heterocycles. The first-order chi connectivity index (χ1) is 12.1. The number of rotatable bonds is 6. The number of methoxy groups -OCH3 is 1. The Bertz CT molecular complexity index is 724. The average Bonchev–Trinajstić information content (AvgIpc) is 3.10. The van der Waals surface area contributed by atoms with Gasteiger partial charge in [0.2, 0.25) is 5.91 Å². The molecule has 0 spiro atoms. The van der Waals surface area contributed by atoms with Crippen molar-refractivity contribution in [3.05, 3.63) is 53.1 Å². The van der Waals surface area contributed by atoms with Crippen LogP contribution in [0.4, 0.5) is 5.69 Å². The number of ether oxygens (including phenoxy) is 2. The summed E-state index contributed by atoms with van der Waals surface area (Å²) >= 11 is 5.87. The summed E-state index contributed by atoms with van der Waals surface area (Å²) in [5.74, 6) is 1.28. The molecule has 1 N–H and O–H groups in total. The molecule has 2 aromatic carbocycles. The van der Waals surface area contributed by atoms with E-state index in [-0.39, 0.29) is 12.0 Å². The topological polar surface area (TPSA) is 47.6 Å². The van der Waals surface area contributed by atoms with E-state index in [0.717, 1.165) is 18.4 Å². The number of anilines is 1. The van der Waals surface area contributed by atoms with Gasteiger partial charge in [-0.1, -0.05) is 23.7 Å². The van der Waals surface area contributed by atoms with Crippen LogP contribution in [0.25, 0.3) is 0 Å². The summed E-state index contributed by atoms with van der Waals surface area (Å²) in [5, 5.41) is 3.57. The Labute approximate surface area is 153 Å². The van der Waals surface area contributed by atoms with Gasteiger partial charge in [0.05, 0.1) is 19.6 Å². The second-order valence-electron chi connectivity index (χ2n) is 6.24. The fourth-order valence-electron chi connectivity index (χ4n) is 3.03. The van der Waals surface area contributed by atoms with Gasteiger partial charge >= 0.3 is 0 Å².